The summed E-state index contributed by atoms with van der Waals surface area (Å²) in [5, 5.41) is 15.7. The van der Waals surface area contributed by atoms with Crippen LogP contribution in [0.25, 0.3) is 0 Å². The molecule has 5 rings (SSSR count). The van der Waals surface area contributed by atoms with Gasteiger partial charge in [0.2, 0.25) is 15.9 Å². The summed E-state index contributed by atoms with van der Waals surface area (Å²) in [5.41, 5.74) is 8.93. The molecular formula is C37H46N4O6S2. The number of thiophene rings is 1. The van der Waals surface area contributed by atoms with Crippen LogP contribution in [0, 0.1) is 11.8 Å². The number of carbonyl (C=O) groups is 2. The van der Waals surface area contributed by atoms with Crippen LogP contribution < -0.4 is 16.4 Å². The molecular weight excluding hydrogens is 661 g/mol. The van der Waals surface area contributed by atoms with Crippen molar-refractivity contribution in [2.45, 2.75) is 50.1 Å². The Morgan fingerprint density at radius 3 is 2.00 bits per heavy atom. The van der Waals surface area contributed by atoms with Crippen molar-refractivity contribution in [1.82, 2.24) is 14.9 Å². The molecule has 2 atom stereocenters. The molecule has 2 amide bonds. The number of nitrogens with two attached hydrogens (primary N) is 1. The molecule has 0 spiro atoms. The molecule has 1 aliphatic carbocycles. The van der Waals surface area contributed by atoms with Gasteiger partial charge in [-0.3, -0.25) is 4.79 Å². The van der Waals surface area contributed by atoms with Crippen molar-refractivity contribution in [3.63, 3.8) is 0 Å². The van der Waals surface area contributed by atoms with E-state index in [1.165, 1.54) is 58.1 Å². The van der Waals surface area contributed by atoms with E-state index in [0.29, 0.717) is 10.6 Å². The van der Waals surface area contributed by atoms with Gasteiger partial charge in [0.25, 0.3) is 0 Å². The van der Waals surface area contributed by atoms with Crippen LogP contribution in [0.1, 0.15) is 59.7 Å². The summed E-state index contributed by atoms with van der Waals surface area (Å²) in [5.74, 6) is -0.0717. The maximum Gasteiger partial charge on any atom is 0.407 e. The Balaban J connectivity index is 0.000000344. The average molecular weight is 707 g/mol. The molecule has 0 saturated heterocycles. The van der Waals surface area contributed by atoms with Crippen LogP contribution in [0.3, 0.4) is 0 Å². The highest BCUT2D eigenvalue weighted by Crippen LogP contribution is 2.44. The summed E-state index contributed by atoms with van der Waals surface area (Å²) >= 11 is 1.37. The lowest BCUT2D eigenvalue weighted by molar-refractivity contribution is -0.121. The smallest absolute Gasteiger partial charge is 0.407 e. The summed E-state index contributed by atoms with van der Waals surface area (Å²) in [6.07, 6.45) is 2.25. The van der Waals surface area contributed by atoms with E-state index < -0.39 is 28.8 Å². The number of aliphatic hydroxyl groups excluding tert-OH is 1. The molecule has 3 aromatic carbocycles. The van der Waals surface area contributed by atoms with Gasteiger partial charge in [0, 0.05) is 22.0 Å². The summed E-state index contributed by atoms with van der Waals surface area (Å²) in [4.78, 5) is 25.3. The molecule has 262 valence electrons. The Morgan fingerprint density at radius 2 is 1.49 bits per heavy atom. The molecule has 49 heavy (non-hydrogen) atoms. The van der Waals surface area contributed by atoms with E-state index in [0.717, 1.165) is 24.1 Å². The first-order chi connectivity index (χ1) is 23.5. The minimum absolute atomic E-state index is 0.0165. The first-order valence-electron chi connectivity index (χ1n) is 16.3. The zero-order chi connectivity index (χ0) is 35.4. The third kappa shape index (κ3) is 11.1. The third-order valence-corrected chi connectivity index (χ3v) is 11.1. The second-order valence-corrected chi connectivity index (χ2v) is 15.4. The highest BCUT2D eigenvalue weighted by Gasteiger charge is 2.37. The highest BCUT2D eigenvalue weighted by atomic mass is 32.2. The van der Waals surface area contributed by atoms with E-state index in [4.69, 9.17) is 5.73 Å². The number of benzene rings is 3. The van der Waals surface area contributed by atoms with Gasteiger partial charge in [-0.25, -0.2) is 13.2 Å². The van der Waals surface area contributed by atoms with Crippen molar-refractivity contribution >= 4 is 39.0 Å². The predicted octanol–water partition coefficient (Wildman–Crippen LogP) is 5.91. The number of alkyl carbamates (subject to hydrolysis) is 1. The number of hydrogen-bond donors (Lipinski definition) is 4. The average Bonchev–Trinajstić information content (AvgIpc) is 3.83. The maximum atomic E-state index is 13.6. The molecule has 12 heteroatoms. The van der Waals surface area contributed by atoms with Crippen LogP contribution in [0.15, 0.2) is 102 Å². The molecule has 1 saturated carbocycles. The van der Waals surface area contributed by atoms with Crippen molar-refractivity contribution < 1.29 is 27.9 Å². The fraction of sp³-hybridized carbons (Fsp3) is 0.351. The monoisotopic (exact) mass is 706 g/mol. The van der Waals surface area contributed by atoms with Crippen LogP contribution in [0.2, 0.25) is 0 Å². The maximum absolute atomic E-state index is 13.6. The van der Waals surface area contributed by atoms with Gasteiger partial charge in [0.1, 0.15) is 6.54 Å². The molecule has 0 radical (unpaired) electrons. The zero-order valence-corrected chi connectivity index (χ0v) is 29.8. The SMILES string of the molecule is COC(=O)NCC(=O)NC(c1ccc([C@@H](CO)N(CC(C)C)S(=O)(=O)c2ccc(N)cc2)s1)C1CC1.c1ccc(Cc2ccccc2)cc1. The lowest BCUT2D eigenvalue weighted by Crippen LogP contribution is -2.39. The number of anilines is 1. The van der Waals surface area contributed by atoms with E-state index in [1.54, 1.807) is 6.07 Å². The number of nitrogen functional groups attached to an aromatic ring is 1. The predicted molar refractivity (Wildman–Crippen MR) is 193 cm³/mol. The van der Waals surface area contributed by atoms with Crippen molar-refractivity contribution in [1.29, 1.82) is 0 Å². The Hall–Kier alpha value is -4.23. The Labute approximate surface area is 293 Å². The summed E-state index contributed by atoms with van der Waals surface area (Å²) in [6, 6.07) is 29.7. The number of amides is 2. The van der Waals surface area contributed by atoms with E-state index in [2.05, 4.69) is 76.0 Å². The molecule has 4 aromatic rings. The number of rotatable bonds is 14. The van der Waals surface area contributed by atoms with Crippen molar-refractivity contribution in [2.75, 3.05) is 32.5 Å². The van der Waals surface area contributed by atoms with Crippen LogP contribution in [-0.4, -0.2) is 56.6 Å². The minimum Gasteiger partial charge on any atom is -0.453 e. The Bertz CT molecular complexity index is 1690. The van der Waals surface area contributed by atoms with Crippen molar-refractivity contribution in [3.8, 4) is 0 Å². The van der Waals surface area contributed by atoms with E-state index in [1.807, 2.05) is 19.9 Å². The van der Waals surface area contributed by atoms with Crippen LogP contribution in [-0.2, 0) is 26.0 Å². The number of ether oxygens (including phenoxy) is 1. The molecule has 1 unspecified atom stereocenters. The zero-order valence-electron chi connectivity index (χ0n) is 28.1. The number of hydrogen-bond acceptors (Lipinski definition) is 8. The number of aliphatic hydroxyl groups is 1. The lowest BCUT2D eigenvalue weighted by atomic mass is 10.1. The first kappa shape index (κ1) is 37.6. The van der Waals surface area contributed by atoms with Gasteiger partial charge in [-0.2, -0.15) is 4.31 Å². The quantitative estimate of drug-likeness (QED) is 0.119. The normalized spacial score (nSPS) is 14.0. The number of sulfonamides is 1. The second-order valence-electron chi connectivity index (χ2n) is 12.4. The van der Waals surface area contributed by atoms with Crippen LogP contribution >= 0.6 is 11.3 Å². The third-order valence-electron chi connectivity index (χ3n) is 7.92. The molecule has 10 nitrogen and oxygen atoms in total. The largest absolute Gasteiger partial charge is 0.453 e. The standard InChI is InChI=1S/C24H34N4O6S2.C13H12/c1-15(2)13-28(36(32,33)18-8-6-17(25)7-9-18)19(14-29)20-10-11-21(35-20)23(16-4-5-16)27-22(30)12-26-24(31)34-3;1-3-7-12(8-4-1)11-13-9-5-2-6-10-13/h6-11,15-16,19,23,29H,4-5,12-14,25H2,1-3H3,(H,26,31)(H,27,30);1-10H,11H2/t19-,23?;/m1./s1. The van der Waals surface area contributed by atoms with Gasteiger partial charge in [-0.1, -0.05) is 74.5 Å². The van der Waals surface area contributed by atoms with E-state index >= 15 is 0 Å². The Kier molecular flexibility index (Phi) is 13.8. The number of carbonyl (C=O) groups excluding carboxylic acids is 2. The van der Waals surface area contributed by atoms with Gasteiger partial charge < -0.3 is 26.2 Å². The van der Waals surface area contributed by atoms with Crippen LogP contribution in [0.5, 0.6) is 0 Å². The topological polar surface area (TPSA) is 151 Å². The lowest BCUT2D eigenvalue weighted by Gasteiger charge is -2.30. The number of nitrogens with one attached hydrogen (secondary N) is 2. The van der Waals surface area contributed by atoms with Gasteiger partial charge in [-0.15, -0.1) is 11.3 Å². The Morgan fingerprint density at radius 1 is 0.918 bits per heavy atom. The van der Waals surface area contributed by atoms with Gasteiger partial charge in [-0.05, 0) is 78.6 Å². The minimum atomic E-state index is -3.92. The second kappa shape index (κ2) is 18.0. The fourth-order valence-electron chi connectivity index (χ4n) is 5.29. The van der Waals surface area contributed by atoms with Gasteiger partial charge in [0.05, 0.1) is 30.7 Å². The summed E-state index contributed by atoms with van der Waals surface area (Å²) in [7, 11) is -2.70. The van der Waals surface area contributed by atoms with E-state index in [9.17, 15) is 23.1 Å². The fourth-order valence-corrected chi connectivity index (χ4v) is 8.38. The van der Waals surface area contributed by atoms with E-state index in [-0.39, 0.29) is 41.8 Å². The molecule has 1 heterocycles. The molecule has 0 aliphatic heterocycles. The molecule has 1 aliphatic rings. The molecule has 1 fully saturated rings. The number of nitrogens with zero attached hydrogens (tertiary/aromatic N) is 1. The number of methoxy groups -OCH3 is 1. The molecule has 0 bridgehead atoms. The molecule has 1 aromatic heterocycles. The van der Waals surface area contributed by atoms with Gasteiger partial charge >= 0.3 is 6.09 Å². The first-order valence-corrected chi connectivity index (χ1v) is 18.5. The van der Waals surface area contributed by atoms with Crippen molar-refractivity contribution in [2.24, 2.45) is 11.8 Å². The highest BCUT2D eigenvalue weighted by molar-refractivity contribution is 7.89. The molecule has 5 N–H and O–H groups in total. The van der Waals surface area contributed by atoms with Crippen LogP contribution in [0.4, 0.5) is 10.5 Å². The summed E-state index contributed by atoms with van der Waals surface area (Å²) in [6.45, 7) is 3.44. The van der Waals surface area contributed by atoms with Gasteiger partial charge in [0.15, 0.2) is 0 Å². The summed E-state index contributed by atoms with van der Waals surface area (Å²) < 4.78 is 33.0. The van der Waals surface area contributed by atoms with Crippen molar-refractivity contribution in [3.05, 3.63) is 118 Å².